The first-order valence-corrected chi connectivity index (χ1v) is 8.49. The largest absolute Gasteiger partial charge is 0.352 e. The minimum Gasteiger partial charge on any atom is -0.352 e. The Labute approximate surface area is 143 Å². The zero-order valence-electron chi connectivity index (χ0n) is 14.6. The van der Waals surface area contributed by atoms with Gasteiger partial charge >= 0.3 is 0 Å². The van der Waals surface area contributed by atoms with Gasteiger partial charge in [0.15, 0.2) is 5.82 Å². The van der Waals surface area contributed by atoms with E-state index in [4.69, 9.17) is 0 Å². The molecule has 2 aromatic rings. The van der Waals surface area contributed by atoms with Crippen LogP contribution in [0.25, 0.3) is 11.3 Å². The third-order valence-electron chi connectivity index (χ3n) is 4.48. The van der Waals surface area contributed by atoms with Gasteiger partial charge < -0.3 is 9.80 Å². The summed E-state index contributed by atoms with van der Waals surface area (Å²) in [5.41, 5.74) is 3.20. The SMILES string of the molecule is Cc1ccccc1-c1ccc(N2CCN(C(=O)C(C)C)CC2)nn1. The standard InChI is InChI=1S/C19H24N4O/c1-14(2)19(24)23-12-10-22(11-13-23)18-9-8-17(20-21-18)16-7-5-4-6-15(16)3/h4-9,14H,10-13H2,1-3H3. The molecule has 0 spiro atoms. The van der Waals surface area contributed by atoms with Crippen LogP contribution in [0.2, 0.25) is 0 Å². The van der Waals surface area contributed by atoms with Crippen molar-refractivity contribution in [1.82, 2.24) is 15.1 Å². The number of rotatable bonds is 3. The third kappa shape index (κ3) is 3.40. The number of amides is 1. The number of anilines is 1. The van der Waals surface area contributed by atoms with Crippen molar-refractivity contribution in [2.45, 2.75) is 20.8 Å². The summed E-state index contributed by atoms with van der Waals surface area (Å²) in [7, 11) is 0. The van der Waals surface area contributed by atoms with Crippen LogP contribution in [0.3, 0.4) is 0 Å². The van der Waals surface area contributed by atoms with Crippen molar-refractivity contribution in [3.63, 3.8) is 0 Å². The van der Waals surface area contributed by atoms with E-state index in [1.807, 2.05) is 43.0 Å². The quantitative estimate of drug-likeness (QED) is 0.871. The van der Waals surface area contributed by atoms with Gasteiger partial charge in [0, 0.05) is 37.7 Å². The lowest BCUT2D eigenvalue weighted by Gasteiger charge is -2.36. The van der Waals surface area contributed by atoms with Crippen molar-refractivity contribution in [2.75, 3.05) is 31.1 Å². The average Bonchev–Trinajstić information content (AvgIpc) is 2.62. The van der Waals surface area contributed by atoms with E-state index in [-0.39, 0.29) is 11.8 Å². The van der Waals surface area contributed by atoms with Gasteiger partial charge in [-0.2, -0.15) is 0 Å². The second-order valence-electron chi connectivity index (χ2n) is 6.56. The van der Waals surface area contributed by atoms with E-state index in [1.54, 1.807) is 0 Å². The van der Waals surface area contributed by atoms with Crippen LogP contribution in [0.15, 0.2) is 36.4 Å². The lowest BCUT2D eigenvalue weighted by Crippen LogP contribution is -2.50. The fourth-order valence-electron chi connectivity index (χ4n) is 3.02. The molecule has 0 radical (unpaired) electrons. The summed E-state index contributed by atoms with van der Waals surface area (Å²) in [5.74, 6) is 1.17. The highest BCUT2D eigenvalue weighted by Gasteiger charge is 2.23. The Hall–Kier alpha value is -2.43. The van der Waals surface area contributed by atoms with Gasteiger partial charge in [0.05, 0.1) is 5.69 Å². The molecule has 1 aromatic carbocycles. The van der Waals surface area contributed by atoms with Gasteiger partial charge in [-0.15, -0.1) is 10.2 Å². The van der Waals surface area contributed by atoms with Gasteiger partial charge in [-0.05, 0) is 24.6 Å². The smallest absolute Gasteiger partial charge is 0.225 e. The Bertz CT molecular complexity index is 704. The van der Waals surface area contributed by atoms with Gasteiger partial charge in [0.1, 0.15) is 0 Å². The molecule has 126 valence electrons. The topological polar surface area (TPSA) is 49.3 Å². The normalized spacial score (nSPS) is 15.0. The summed E-state index contributed by atoms with van der Waals surface area (Å²) in [5, 5.41) is 8.79. The maximum absolute atomic E-state index is 12.1. The number of piperazine rings is 1. The predicted molar refractivity (Wildman–Crippen MR) is 95.8 cm³/mol. The zero-order valence-corrected chi connectivity index (χ0v) is 14.6. The van der Waals surface area contributed by atoms with Crippen molar-refractivity contribution >= 4 is 11.7 Å². The van der Waals surface area contributed by atoms with Crippen molar-refractivity contribution in [2.24, 2.45) is 5.92 Å². The van der Waals surface area contributed by atoms with Crippen LogP contribution < -0.4 is 4.90 Å². The molecule has 1 amide bonds. The van der Waals surface area contributed by atoms with Gasteiger partial charge in [-0.25, -0.2) is 0 Å². The summed E-state index contributed by atoms with van der Waals surface area (Å²) in [4.78, 5) is 16.2. The molecule has 2 heterocycles. The zero-order chi connectivity index (χ0) is 17.1. The highest BCUT2D eigenvalue weighted by Crippen LogP contribution is 2.22. The Morgan fingerprint density at radius 1 is 1.00 bits per heavy atom. The van der Waals surface area contributed by atoms with Crippen LogP contribution in [0.4, 0.5) is 5.82 Å². The van der Waals surface area contributed by atoms with E-state index >= 15 is 0 Å². The summed E-state index contributed by atoms with van der Waals surface area (Å²) < 4.78 is 0. The summed E-state index contributed by atoms with van der Waals surface area (Å²) in [6.07, 6.45) is 0. The highest BCUT2D eigenvalue weighted by atomic mass is 16.2. The molecule has 1 fully saturated rings. The second kappa shape index (κ2) is 6.99. The summed E-state index contributed by atoms with van der Waals surface area (Å²) in [6.45, 7) is 9.08. The number of aromatic nitrogens is 2. The van der Waals surface area contributed by atoms with Crippen molar-refractivity contribution in [3.8, 4) is 11.3 Å². The van der Waals surface area contributed by atoms with E-state index in [9.17, 15) is 4.79 Å². The minimum absolute atomic E-state index is 0.0599. The molecule has 0 unspecified atom stereocenters. The number of benzene rings is 1. The van der Waals surface area contributed by atoms with Gasteiger partial charge in [-0.1, -0.05) is 38.1 Å². The van der Waals surface area contributed by atoms with Crippen molar-refractivity contribution < 1.29 is 4.79 Å². The van der Waals surface area contributed by atoms with Crippen LogP contribution in [0.1, 0.15) is 19.4 Å². The first-order chi connectivity index (χ1) is 11.6. The van der Waals surface area contributed by atoms with Gasteiger partial charge in [0.2, 0.25) is 5.91 Å². The molecule has 0 saturated carbocycles. The van der Waals surface area contributed by atoms with Crippen LogP contribution in [-0.2, 0) is 4.79 Å². The number of nitrogens with zero attached hydrogens (tertiary/aromatic N) is 4. The number of hydrogen-bond donors (Lipinski definition) is 0. The highest BCUT2D eigenvalue weighted by molar-refractivity contribution is 5.78. The van der Waals surface area contributed by atoms with Crippen LogP contribution in [-0.4, -0.2) is 47.2 Å². The molecule has 0 bridgehead atoms. The molecular weight excluding hydrogens is 300 g/mol. The number of aryl methyl sites for hydroxylation is 1. The lowest BCUT2D eigenvalue weighted by molar-refractivity contribution is -0.134. The number of carbonyl (C=O) groups is 1. The van der Waals surface area contributed by atoms with Gasteiger partial charge in [-0.3, -0.25) is 4.79 Å². The lowest BCUT2D eigenvalue weighted by atomic mass is 10.1. The van der Waals surface area contributed by atoms with E-state index in [2.05, 4.69) is 34.2 Å². The van der Waals surface area contributed by atoms with Crippen molar-refractivity contribution in [3.05, 3.63) is 42.0 Å². The molecule has 3 rings (SSSR count). The van der Waals surface area contributed by atoms with Crippen LogP contribution in [0.5, 0.6) is 0 Å². The molecule has 0 N–H and O–H groups in total. The molecule has 1 saturated heterocycles. The Morgan fingerprint density at radius 2 is 1.71 bits per heavy atom. The molecule has 1 aliphatic rings. The monoisotopic (exact) mass is 324 g/mol. The Balaban J connectivity index is 1.67. The molecule has 24 heavy (non-hydrogen) atoms. The summed E-state index contributed by atoms with van der Waals surface area (Å²) in [6, 6.07) is 12.2. The Kier molecular flexibility index (Phi) is 4.79. The van der Waals surface area contributed by atoms with Crippen LogP contribution in [0, 0.1) is 12.8 Å². The molecule has 5 nitrogen and oxygen atoms in total. The maximum atomic E-state index is 12.1. The molecular formula is C19H24N4O. The average molecular weight is 324 g/mol. The second-order valence-corrected chi connectivity index (χ2v) is 6.56. The van der Waals surface area contributed by atoms with E-state index in [0.717, 1.165) is 43.3 Å². The third-order valence-corrected chi connectivity index (χ3v) is 4.48. The van der Waals surface area contributed by atoms with Gasteiger partial charge in [0.25, 0.3) is 0 Å². The molecule has 0 atom stereocenters. The molecule has 0 aliphatic carbocycles. The first-order valence-electron chi connectivity index (χ1n) is 8.49. The predicted octanol–water partition coefficient (Wildman–Crippen LogP) is 2.76. The number of carbonyl (C=O) groups excluding carboxylic acids is 1. The fraction of sp³-hybridized carbons (Fsp3) is 0.421. The summed E-state index contributed by atoms with van der Waals surface area (Å²) >= 11 is 0. The first kappa shape index (κ1) is 16.4. The molecule has 1 aliphatic heterocycles. The van der Waals surface area contributed by atoms with Crippen LogP contribution >= 0.6 is 0 Å². The molecule has 1 aromatic heterocycles. The van der Waals surface area contributed by atoms with Crippen molar-refractivity contribution in [1.29, 1.82) is 0 Å². The Morgan fingerprint density at radius 3 is 2.29 bits per heavy atom. The van der Waals surface area contributed by atoms with E-state index in [1.165, 1.54) is 5.56 Å². The minimum atomic E-state index is 0.0599. The molecule has 5 heteroatoms. The maximum Gasteiger partial charge on any atom is 0.225 e. The van der Waals surface area contributed by atoms with E-state index < -0.39 is 0 Å². The fourth-order valence-corrected chi connectivity index (χ4v) is 3.02. The number of hydrogen-bond acceptors (Lipinski definition) is 4. The van der Waals surface area contributed by atoms with E-state index in [0.29, 0.717) is 0 Å².